The van der Waals surface area contributed by atoms with E-state index in [9.17, 15) is 4.79 Å². The molecule has 4 aromatic rings. The van der Waals surface area contributed by atoms with E-state index in [1.54, 1.807) is 29.3 Å². The molecule has 0 spiro atoms. The minimum absolute atomic E-state index is 0.204. The van der Waals surface area contributed by atoms with E-state index >= 15 is 0 Å². The lowest BCUT2D eigenvalue weighted by atomic mass is 10.1. The molecule has 1 N–H and O–H groups in total. The van der Waals surface area contributed by atoms with Crippen molar-refractivity contribution in [2.75, 3.05) is 0 Å². The van der Waals surface area contributed by atoms with Crippen LogP contribution in [0.3, 0.4) is 0 Å². The van der Waals surface area contributed by atoms with Gasteiger partial charge < -0.3 is 5.32 Å². The van der Waals surface area contributed by atoms with Crippen molar-refractivity contribution < 1.29 is 4.79 Å². The van der Waals surface area contributed by atoms with Crippen LogP contribution in [-0.2, 0) is 6.54 Å². The number of carbonyl (C=O) groups is 1. The number of benzene rings is 1. The van der Waals surface area contributed by atoms with E-state index in [0.717, 1.165) is 16.8 Å². The number of rotatable bonds is 4. The lowest BCUT2D eigenvalue weighted by Crippen LogP contribution is -2.22. The first-order chi connectivity index (χ1) is 12.3. The van der Waals surface area contributed by atoms with Gasteiger partial charge in [-0.05, 0) is 23.8 Å². The molecular formula is C19H15N5O. The summed E-state index contributed by atoms with van der Waals surface area (Å²) in [4.78, 5) is 20.8. The normalized spacial score (nSPS) is 10.7. The third-order valence-corrected chi connectivity index (χ3v) is 3.92. The van der Waals surface area contributed by atoms with Crippen molar-refractivity contribution in [1.29, 1.82) is 0 Å². The first-order valence-electron chi connectivity index (χ1n) is 7.88. The quantitative estimate of drug-likeness (QED) is 0.625. The fourth-order valence-corrected chi connectivity index (χ4v) is 2.66. The monoisotopic (exact) mass is 329 g/mol. The summed E-state index contributed by atoms with van der Waals surface area (Å²) in [5.74, 6) is -0.204. The summed E-state index contributed by atoms with van der Waals surface area (Å²) < 4.78 is 1.69. The van der Waals surface area contributed by atoms with E-state index in [2.05, 4.69) is 20.4 Å². The lowest BCUT2D eigenvalue weighted by Gasteiger charge is -2.06. The molecule has 1 amide bonds. The van der Waals surface area contributed by atoms with Gasteiger partial charge in [-0.2, -0.15) is 5.10 Å². The molecule has 25 heavy (non-hydrogen) atoms. The molecule has 0 fully saturated rings. The number of nitrogens with zero attached hydrogens (tertiary/aromatic N) is 4. The number of fused-ring (bicyclic) bond motifs is 1. The van der Waals surface area contributed by atoms with Gasteiger partial charge in [0.25, 0.3) is 5.91 Å². The molecule has 0 aliphatic rings. The number of pyridine rings is 1. The molecule has 0 radical (unpaired) electrons. The average molecular weight is 329 g/mol. The molecule has 122 valence electrons. The molecular weight excluding hydrogens is 314 g/mol. The van der Waals surface area contributed by atoms with Crippen LogP contribution in [-0.4, -0.2) is 25.5 Å². The molecule has 0 saturated heterocycles. The van der Waals surface area contributed by atoms with Crippen LogP contribution < -0.4 is 5.32 Å². The van der Waals surface area contributed by atoms with Gasteiger partial charge in [-0.15, -0.1) is 0 Å². The molecule has 3 aromatic heterocycles. The van der Waals surface area contributed by atoms with Gasteiger partial charge in [0.2, 0.25) is 0 Å². The fourth-order valence-electron chi connectivity index (χ4n) is 2.66. The van der Waals surface area contributed by atoms with Crippen molar-refractivity contribution in [3.63, 3.8) is 0 Å². The number of carbonyl (C=O) groups excluding carboxylic acids is 1. The first-order valence-corrected chi connectivity index (χ1v) is 7.88. The zero-order valence-corrected chi connectivity index (χ0v) is 13.3. The second-order valence-corrected chi connectivity index (χ2v) is 5.53. The molecule has 0 aliphatic heterocycles. The van der Waals surface area contributed by atoms with Crippen molar-refractivity contribution in [3.05, 3.63) is 84.4 Å². The summed E-state index contributed by atoms with van der Waals surface area (Å²) in [6.45, 7) is 0.428. The van der Waals surface area contributed by atoms with Crippen LogP contribution in [0.25, 0.3) is 16.9 Å². The van der Waals surface area contributed by atoms with Crippen molar-refractivity contribution in [2.45, 2.75) is 6.54 Å². The fraction of sp³-hybridized carbons (Fsp3) is 0.0526. The number of amides is 1. The summed E-state index contributed by atoms with van der Waals surface area (Å²) in [5, 5.41) is 7.25. The topological polar surface area (TPSA) is 72.2 Å². The Bertz CT molecular complexity index is 1010. The molecule has 1 aromatic carbocycles. The van der Waals surface area contributed by atoms with E-state index in [1.165, 1.54) is 0 Å². The number of nitrogens with one attached hydrogen (secondary N) is 1. The summed E-state index contributed by atoms with van der Waals surface area (Å²) in [5.41, 5.74) is 3.87. The largest absolute Gasteiger partial charge is 0.348 e. The predicted molar refractivity (Wildman–Crippen MR) is 93.8 cm³/mol. The zero-order valence-electron chi connectivity index (χ0n) is 13.3. The van der Waals surface area contributed by atoms with Crippen LogP contribution in [0.4, 0.5) is 0 Å². The Morgan fingerprint density at radius 1 is 1.00 bits per heavy atom. The highest BCUT2D eigenvalue weighted by atomic mass is 16.1. The maximum Gasteiger partial charge on any atom is 0.257 e. The van der Waals surface area contributed by atoms with Crippen LogP contribution in [0.1, 0.15) is 15.9 Å². The summed E-state index contributed by atoms with van der Waals surface area (Å²) in [6, 6.07) is 15.5. The highest BCUT2D eigenvalue weighted by Crippen LogP contribution is 2.20. The minimum Gasteiger partial charge on any atom is -0.348 e. The van der Waals surface area contributed by atoms with Crippen LogP contribution >= 0.6 is 0 Å². The van der Waals surface area contributed by atoms with Gasteiger partial charge in [0.1, 0.15) is 5.56 Å². The summed E-state index contributed by atoms with van der Waals surface area (Å²) >= 11 is 0. The standard InChI is InChI=1S/C19H15N5O/c25-19(22-12-14-6-9-20-10-7-14)16-13-23-24-17(8-11-21-18(16)24)15-4-2-1-3-5-15/h1-11,13H,12H2,(H,22,25). The third kappa shape index (κ3) is 2.97. The first kappa shape index (κ1) is 15.0. The van der Waals surface area contributed by atoms with Crippen LogP contribution in [0.2, 0.25) is 0 Å². The Labute approximate surface area is 144 Å². The minimum atomic E-state index is -0.204. The van der Waals surface area contributed by atoms with Crippen molar-refractivity contribution >= 4 is 11.6 Å². The number of hydrogen-bond donors (Lipinski definition) is 1. The molecule has 0 saturated carbocycles. The summed E-state index contributed by atoms with van der Waals surface area (Å²) in [7, 11) is 0. The van der Waals surface area contributed by atoms with Gasteiger partial charge in [0.05, 0.1) is 11.9 Å². The smallest absolute Gasteiger partial charge is 0.257 e. The predicted octanol–water partition coefficient (Wildman–Crippen LogP) is 2.72. The van der Waals surface area contributed by atoms with E-state index in [-0.39, 0.29) is 5.91 Å². The molecule has 0 unspecified atom stereocenters. The van der Waals surface area contributed by atoms with Gasteiger partial charge in [0, 0.05) is 30.7 Å². The number of aromatic nitrogens is 4. The van der Waals surface area contributed by atoms with Crippen molar-refractivity contribution in [1.82, 2.24) is 24.9 Å². The molecule has 4 rings (SSSR count). The Hall–Kier alpha value is -3.54. The third-order valence-electron chi connectivity index (χ3n) is 3.92. The molecule has 0 atom stereocenters. The maximum absolute atomic E-state index is 12.5. The SMILES string of the molecule is O=C(NCc1ccncc1)c1cnn2c(-c3ccccc3)ccnc12. The van der Waals surface area contributed by atoms with Crippen molar-refractivity contribution in [2.24, 2.45) is 0 Å². The van der Waals surface area contributed by atoms with Gasteiger partial charge in [-0.1, -0.05) is 30.3 Å². The van der Waals surface area contributed by atoms with E-state index in [4.69, 9.17) is 0 Å². The Balaban J connectivity index is 1.64. The molecule has 0 bridgehead atoms. The van der Waals surface area contributed by atoms with Crippen LogP contribution in [0.15, 0.2) is 73.3 Å². The van der Waals surface area contributed by atoms with E-state index < -0.39 is 0 Å². The van der Waals surface area contributed by atoms with Gasteiger partial charge in [0.15, 0.2) is 5.65 Å². The summed E-state index contributed by atoms with van der Waals surface area (Å²) in [6.07, 6.45) is 6.64. The Morgan fingerprint density at radius 3 is 2.60 bits per heavy atom. The second-order valence-electron chi connectivity index (χ2n) is 5.53. The molecule has 3 heterocycles. The highest BCUT2D eigenvalue weighted by Gasteiger charge is 2.15. The van der Waals surface area contributed by atoms with Crippen LogP contribution in [0.5, 0.6) is 0 Å². The number of hydrogen-bond acceptors (Lipinski definition) is 4. The lowest BCUT2D eigenvalue weighted by molar-refractivity contribution is 0.0952. The highest BCUT2D eigenvalue weighted by molar-refractivity contribution is 5.99. The van der Waals surface area contributed by atoms with Gasteiger partial charge in [-0.25, -0.2) is 9.50 Å². The van der Waals surface area contributed by atoms with Gasteiger partial charge in [-0.3, -0.25) is 9.78 Å². The van der Waals surface area contributed by atoms with Crippen LogP contribution in [0, 0.1) is 0 Å². The van der Waals surface area contributed by atoms with Crippen molar-refractivity contribution in [3.8, 4) is 11.3 Å². The molecule has 6 heteroatoms. The molecule has 0 aliphatic carbocycles. The molecule has 6 nitrogen and oxygen atoms in total. The average Bonchev–Trinajstić information content (AvgIpc) is 3.12. The van der Waals surface area contributed by atoms with E-state index in [0.29, 0.717) is 17.8 Å². The Morgan fingerprint density at radius 2 is 1.80 bits per heavy atom. The maximum atomic E-state index is 12.5. The van der Waals surface area contributed by atoms with E-state index in [1.807, 2.05) is 48.5 Å². The van der Waals surface area contributed by atoms with Gasteiger partial charge >= 0.3 is 0 Å². The zero-order chi connectivity index (χ0) is 17.1. The second kappa shape index (κ2) is 6.52. The Kier molecular flexibility index (Phi) is 3.92.